The van der Waals surface area contributed by atoms with Crippen LogP contribution in [0.15, 0.2) is 54.9 Å². The number of fused-ring (bicyclic) bond motifs is 1. The summed E-state index contributed by atoms with van der Waals surface area (Å²) < 4.78 is 0.710. The summed E-state index contributed by atoms with van der Waals surface area (Å²) in [4.78, 5) is 17.6. The summed E-state index contributed by atoms with van der Waals surface area (Å²) in [6, 6.07) is 13.1. The summed E-state index contributed by atoms with van der Waals surface area (Å²) in [7, 11) is 0. The number of carbonyl (C=O) groups is 1. The van der Waals surface area contributed by atoms with Crippen molar-refractivity contribution >= 4 is 39.7 Å². The van der Waals surface area contributed by atoms with Crippen LogP contribution in [0.5, 0.6) is 0 Å². The minimum Gasteiger partial charge on any atom is -0.347 e. The van der Waals surface area contributed by atoms with Gasteiger partial charge in [-0.2, -0.15) is 5.10 Å². The third-order valence-corrected chi connectivity index (χ3v) is 5.08. The number of thiophene rings is 1. The van der Waals surface area contributed by atoms with Crippen LogP contribution in [0.4, 0.5) is 0 Å². The van der Waals surface area contributed by atoms with Crippen molar-refractivity contribution in [2.45, 2.75) is 6.54 Å². The topological polar surface area (TPSA) is 70.7 Å². The van der Waals surface area contributed by atoms with Crippen molar-refractivity contribution in [2.24, 2.45) is 0 Å². The zero-order valence-corrected chi connectivity index (χ0v) is 14.6. The van der Waals surface area contributed by atoms with Crippen LogP contribution in [0.1, 0.15) is 15.2 Å². The van der Waals surface area contributed by atoms with Crippen LogP contribution in [0.25, 0.3) is 22.2 Å². The quantitative estimate of drug-likeness (QED) is 0.565. The van der Waals surface area contributed by atoms with Gasteiger partial charge in [-0.05, 0) is 30.3 Å². The van der Waals surface area contributed by atoms with Crippen molar-refractivity contribution in [3.8, 4) is 11.3 Å². The lowest BCUT2D eigenvalue weighted by molar-refractivity contribution is 0.0953. The van der Waals surface area contributed by atoms with Crippen LogP contribution in [0, 0.1) is 0 Å². The van der Waals surface area contributed by atoms with E-state index in [9.17, 15) is 4.79 Å². The van der Waals surface area contributed by atoms with Crippen LogP contribution < -0.4 is 5.32 Å². The highest BCUT2D eigenvalue weighted by atomic mass is 35.5. The maximum absolute atomic E-state index is 12.6. The minimum atomic E-state index is -0.153. The van der Waals surface area contributed by atoms with Gasteiger partial charge in [-0.3, -0.25) is 14.9 Å². The Morgan fingerprint density at radius 1 is 1.16 bits per heavy atom. The molecule has 0 atom stereocenters. The predicted molar refractivity (Wildman–Crippen MR) is 99.8 cm³/mol. The van der Waals surface area contributed by atoms with Gasteiger partial charge in [-0.25, -0.2) is 0 Å². The number of hydrogen-bond acceptors (Lipinski definition) is 4. The second-order valence-corrected chi connectivity index (χ2v) is 7.22. The van der Waals surface area contributed by atoms with E-state index in [1.165, 1.54) is 11.3 Å². The Kier molecular flexibility index (Phi) is 4.21. The van der Waals surface area contributed by atoms with E-state index in [1.54, 1.807) is 18.5 Å². The molecule has 0 aliphatic heterocycles. The van der Waals surface area contributed by atoms with Gasteiger partial charge in [0.15, 0.2) is 0 Å². The number of aromatic amines is 1. The molecule has 3 heterocycles. The molecule has 0 aliphatic carbocycles. The molecule has 2 N–H and O–H groups in total. The average molecular weight is 369 g/mol. The molecule has 0 radical (unpaired) electrons. The van der Waals surface area contributed by atoms with Crippen LogP contribution in [0.2, 0.25) is 4.34 Å². The number of nitrogens with one attached hydrogen (secondary N) is 2. The molecule has 1 amide bonds. The summed E-state index contributed by atoms with van der Waals surface area (Å²) >= 11 is 7.37. The van der Waals surface area contributed by atoms with Gasteiger partial charge in [0.05, 0.1) is 22.0 Å². The minimum absolute atomic E-state index is 0.153. The first kappa shape index (κ1) is 15.8. The van der Waals surface area contributed by atoms with Crippen LogP contribution >= 0.6 is 22.9 Å². The molecule has 0 bridgehead atoms. The van der Waals surface area contributed by atoms with E-state index in [0.29, 0.717) is 16.4 Å². The number of pyridine rings is 1. The largest absolute Gasteiger partial charge is 0.347 e. The molecule has 0 saturated heterocycles. The summed E-state index contributed by atoms with van der Waals surface area (Å²) in [6.07, 6.45) is 3.44. The SMILES string of the molecule is O=C(NCc1ccc(Cl)s1)c1cccc2c(-c3ccncc3)n[nH]c12. The van der Waals surface area contributed by atoms with E-state index in [-0.39, 0.29) is 5.91 Å². The van der Waals surface area contributed by atoms with Gasteiger partial charge in [0.25, 0.3) is 5.91 Å². The lowest BCUT2D eigenvalue weighted by Crippen LogP contribution is -2.22. The Morgan fingerprint density at radius 3 is 2.76 bits per heavy atom. The summed E-state index contributed by atoms with van der Waals surface area (Å²) in [5.74, 6) is -0.153. The van der Waals surface area contributed by atoms with Gasteiger partial charge in [0.1, 0.15) is 5.69 Å². The van der Waals surface area contributed by atoms with Gasteiger partial charge in [-0.1, -0.05) is 23.7 Å². The van der Waals surface area contributed by atoms with Gasteiger partial charge in [0, 0.05) is 28.2 Å². The van der Waals surface area contributed by atoms with E-state index in [1.807, 2.05) is 36.4 Å². The van der Waals surface area contributed by atoms with Crippen LogP contribution in [-0.4, -0.2) is 21.1 Å². The number of nitrogens with zero attached hydrogens (tertiary/aromatic N) is 2. The molecule has 1 aromatic carbocycles. The van der Waals surface area contributed by atoms with Gasteiger partial charge in [0.2, 0.25) is 0 Å². The van der Waals surface area contributed by atoms with E-state index < -0.39 is 0 Å². The molecule has 0 aliphatic rings. The number of aromatic nitrogens is 3. The summed E-state index contributed by atoms with van der Waals surface area (Å²) in [6.45, 7) is 0.442. The molecular formula is C18H13ClN4OS. The van der Waals surface area contributed by atoms with Crippen molar-refractivity contribution in [3.05, 3.63) is 69.6 Å². The number of halogens is 1. The zero-order valence-electron chi connectivity index (χ0n) is 13.0. The highest BCUT2D eigenvalue weighted by Gasteiger charge is 2.15. The van der Waals surface area contributed by atoms with Gasteiger partial charge < -0.3 is 5.32 Å². The zero-order chi connectivity index (χ0) is 17.2. The first-order valence-corrected chi connectivity index (χ1v) is 8.82. The number of H-pyrrole nitrogens is 1. The first-order valence-electron chi connectivity index (χ1n) is 7.62. The molecule has 0 fully saturated rings. The number of rotatable bonds is 4. The molecule has 25 heavy (non-hydrogen) atoms. The smallest absolute Gasteiger partial charge is 0.253 e. The molecule has 4 rings (SSSR count). The highest BCUT2D eigenvalue weighted by molar-refractivity contribution is 7.16. The summed E-state index contributed by atoms with van der Waals surface area (Å²) in [5.41, 5.74) is 3.04. The molecule has 5 nitrogen and oxygen atoms in total. The number of amides is 1. The Hall–Kier alpha value is -2.70. The number of para-hydroxylation sites is 1. The van der Waals surface area contributed by atoms with Gasteiger partial charge >= 0.3 is 0 Å². The van der Waals surface area contributed by atoms with Crippen LogP contribution in [-0.2, 0) is 6.54 Å². The maximum atomic E-state index is 12.6. The normalized spacial score (nSPS) is 10.9. The molecule has 124 valence electrons. The Labute approximate surface area is 152 Å². The number of hydrogen-bond donors (Lipinski definition) is 2. The Balaban J connectivity index is 1.64. The second-order valence-electron chi connectivity index (χ2n) is 5.42. The fraction of sp³-hybridized carbons (Fsp3) is 0.0556. The van der Waals surface area contributed by atoms with E-state index in [0.717, 1.165) is 27.0 Å². The van der Waals surface area contributed by atoms with Gasteiger partial charge in [-0.15, -0.1) is 11.3 Å². The maximum Gasteiger partial charge on any atom is 0.253 e. The third kappa shape index (κ3) is 3.14. The standard InChI is InChI=1S/C18H13ClN4OS/c19-15-5-4-12(25-15)10-21-18(24)14-3-1-2-13-16(22-23-17(13)14)11-6-8-20-9-7-11/h1-9H,10H2,(H,21,24)(H,22,23). The molecule has 0 saturated carbocycles. The average Bonchev–Trinajstić information content (AvgIpc) is 3.26. The fourth-order valence-corrected chi connectivity index (χ4v) is 3.70. The first-order chi connectivity index (χ1) is 12.2. The molecule has 3 aromatic heterocycles. The van der Waals surface area contributed by atoms with E-state index in [2.05, 4.69) is 20.5 Å². The second kappa shape index (κ2) is 6.66. The molecular weight excluding hydrogens is 356 g/mol. The van der Waals surface area contributed by atoms with Crippen molar-refractivity contribution < 1.29 is 4.79 Å². The van der Waals surface area contributed by atoms with Crippen LogP contribution in [0.3, 0.4) is 0 Å². The van der Waals surface area contributed by atoms with Crippen molar-refractivity contribution in [2.75, 3.05) is 0 Å². The third-order valence-electron chi connectivity index (χ3n) is 3.85. The predicted octanol–water partition coefficient (Wildman–Crippen LogP) is 4.27. The molecule has 7 heteroatoms. The highest BCUT2D eigenvalue weighted by Crippen LogP contribution is 2.28. The Bertz CT molecular complexity index is 1040. The summed E-state index contributed by atoms with van der Waals surface area (Å²) in [5, 5.41) is 11.2. The molecule has 0 spiro atoms. The lowest BCUT2D eigenvalue weighted by Gasteiger charge is -2.05. The monoisotopic (exact) mass is 368 g/mol. The van der Waals surface area contributed by atoms with Crippen molar-refractivity contribution in [3.63, 3.8) is 0 Å². The number of benzene rings is 1. The van der Waals surface area contributed by atoms with E-state index in [4.69, 9.17) is 11.6 Å². The van der Waals surface area contributed by atoms with Crippen molar-refractivity contribution in [1.29, 1.82) is 0 Å². The van der Waals surface area contributed by atoms with Crippen molar-refractivity contribution in [1.82, 2.24) is 20.5 Å². The molecule has 0 unspecified atom stereocenters. The Morgan fingerprint density at radius 2 is 2.00 bits per heavy atom. The lowest BCUT2D eigenvalue weighted by atomic mass is 10.1. The number of carbonyl (C=O) groups excluding carboxylic acids is 1. The van der Waals surface area contributed by atoms with E-state index >= 15 is 0 Å². The fourth-order valence-electron chi connectivity index (χ4n) is 2.67. The molecule has 4 aromatic rings.